The second-order valence-electron chi connectivity index (χ2n) is 4.85. The average molecular weight is 220 g/mol. The fraction of sp³-hybridized carbons (Fsp3) is 0.571. The molecule has 88 valence electrons. The number of aryl methyl sites for hydroxylation is 3. The summed E-state index contributed by atoms with van der Waals surface area (Å²) in [6, 6.07) is 4.37. The molecule has 16 heavy (non-hydrogen) atoms. The molecule has 0 spiro atoms. The second kappa shape index (κ2) is 4.56. The Bertz CT molecular complexity index is 361. The Hall–Kier alpha value is -0.860. The fourth-order valence-corrected chi connectivity index (χ4v) is 2.68. The third-order valence-electron chi connectivity index (χ3n) is 3.32. The number of aliphatic hydroxyl groups is 1. The van der Waals surface area contributed by atoms with E-state index in [1.54, 1.807) is 0 Å². The first kappa shape index (κ1) is 11.6. The lowest BCUT2D eigenvalue weighted by Gasteiger charge is -2.29. The number of rotatable bonds is 1. The van der Waals surface area contributed by atoms with E-state index in [1.165, 1.54) is 22.3 Å². The summed E-state index contributed by atoms with van der Waals surface area (Å²) in [5.74, 6) is 0. The van der Waals surface area contributed by atoms with E-state index in [0.717, 1.165) is 12.8 Å². The van der Waals surface area contributed by atoms with Gasteiger partial charge in [-0.2, -0.15) is 0 Å². The molecule has 1 fully saturated rings. The van der Waals surface area contributed by atoms with Gasteiger partial charge in [0.15, 0.2) is 0 Å². The molecule has 2 atom stereocenters. The molecule has 0 aromatic heterocycles. The molecule has 2 heteroatoms. The maximum absolute atomic E-state index is 9.70. The first-order chi connectivity index (χ1) is 7.58. The van der Waals surface area contributed by atoms with Gasteiger partial charge in [-0.3, -0.25) is 0 Å². The Labute approximate surface area is 97.3 Å². The minimum absolute atomic E-state index is 0.0735. The van der Waals surface area contributed by atoms with E-state index >= 15 is 0 Å². The van der Waals surface area contributed by atoms with Crippen molar-refractivity contribution in [3.8, 4) is 0 Å². The summed E-state index contributed by atoms with van der Waals surface area (Å²) < 4.78 is 5.78. The van der Waals surface area contributed by atoms with Crippen molar-refractivity contribution in [3.05, 3.63) is 34.4 Å². The van der Waals surface area contributed by atoms with Crippen LogP contribution in [0.25, 0.3) is 0 Å². The molecule has 0 radical (unpaired) electrons. The van der Waals surface area contributed by atoms with Crippen LogP contribution in [0.3, 0.4) is 0 Å². The lowest BCUT2D eigenvalue weighted by Crippen LogP contribution is -2.24. The van der Waals surface area contributed by atoms with Crippen LogP contribution in [-0.2, 0) is 4.74 Å². The topological polar surface area (TPSA) is 29.5 Å². The summed E-state index contributed by atoms with van der Waals surface area (Å²) in [4.78, 5) is 0. The third-order valence-corrected chi connectivity index (χ3v) is 3.32. The van der Waals surface area contributed by atoms with Crippen LogP contribution in [-0.4, -0.2) is 17.8 Å². The number of benzene rings is 1. The Morgan fingerprint density at radius 2 is 1.81 bits per heavy atom. The molecule has 1 aliphatic rings. The standard InChI is InChI=1S/C14H20O2/c1-9-6-10(2)14(11(3)7-9)13-8-12(15)4-5-16-13/h6-7,12-13,15H,4-5,8H2,1-3H3. The van der Waals surface area contributed by atoms with E-state index in [1.807, 2.05) is 0 Å². The van der Waals surface area contributed by atoms with E-state index in [2.05, 4.69) is 32.9 Å². The summed E-state index contributed by atoms with van der Waals surface area (Å²) in [5, 5.41) is 9.70. The van der Waals surface area contributed by atoms with Gasteiger partial charge < -0.3 is 9.84 Å². The van der Waals surface area contributed by atoms with Crippen LogP contribution in [0.4, 0.5) is 0 Å². The molecular formula is C14H20O2. The molecule has 1 aromatic rings. The predicted octanol–water partition coefficient (Wildman–Crippen LogP) is 2.82. The molecule has 2 unspecified atom stereocenters. The van der Waals surface area contributed by atoms with Gasteiger partial charge in [0.1, 0.15) is 0 Å². The van der Waals surface area contributed by atoms with E-state index in [-0.39, 0.29) is 12.2 Å². The molecule has 2 rings (SSSR count). The second-order valence-corrected chi connectivity index (χ2v) is 4.85. The smallest absolute Gasteiger partial charge is 0.0854 e. The van der Waals surface area contributed by atoms with E-state index < -0.39 is 0 Å². The largest absolute Gasteiger partial charge is 0.393 e. The summed E-state index contributed by atoms with van der Waals surface area (Å²) in [6.07, 6.45) is 1.36. The van der Waals surface area contributed by atoms with Gasteiger partial charge in [-0.05, 0) is 43.9 Å². The van der Waals surface area contributed by atoms with Crippen molar-refractivity contribution in [2.24, 2.45) is 0 Å². The van der Waals surface area contributed by atoms with E-state index in [0.29, 0.717) is 6.61 Å². The molecule has 0 bridgehead atoms. The Morgan fingerprint density at radius 3 is 2.38 bits per heavy atom. The first-order valence-corrected chi connectivity index (χ1v) is 5.95. The minimum Gasteiger partial charge on any atom is -0.393 e. The minimum atomic E-state index is -0.209. The zero-order valence-electron chi connectivity index (χ0n) is 10.3. The lowest BCUT2D eigenvalue weighted by atomic mass is 9.91. The molecule has 1 saturated heterocycles. The van der Waals surface area contributed by atoms with Crippen LogP contribution in [0.2, 0.25) is 0 Å². The van der Waals surface area contributed by atoms with Gasteiger partial charge in [-0.25, -0.2) is 0 Å². The zero-order chi connectivity index (χ0) is 11.7. The number of ether oxygens (including phenoxy) is 1. The Morgan fingerprint density at radius 1 is 1.19 bits per heavy atom. The molecule has 1 heterocycles. The molecule has 1 aliphatic heterocycles. The molecule has 0 saturated carbocycles. The van der Waals surface area contributed by atoms with Crippen molar-refractivity contribution in [1.82, 2.24) is 0 Å². The number of hydrogen-bond acceptors (Lipinski definition) is 2. The quantitative estimate of drug-likeness (QED) is 0.788. The Kier molecular flexibility index (Phi) is 3.31. The molecule has 0 aliphatic carbocycles. The summed E-state index contributed by atoms with van der Waals surface area (Å²) in [6.45, 7) is 7.03. The van der Waals surface area contributed by atoms with Crippen molar-refractivity contribution in [2.45, 2.75) is 45.8 Å². The third kappa shape index (κ3) is 2.28. The lowest BCUT2D eigenvalue weighted by molar-refractivity contribution is -0.0452. The van der Waals surface area contributed by atoms with Crippen LogP contribution in [0.5, 0.6) is 0 Å². The molecule has 1 aromatic carbocycles. The highest BCUT2D eigenvalue weighted by molar-refractivity contribution is 5.39. The summed E-state index contributed by atoms with van der Waals surface area (Å²) >= 11 is 0. The predicted molar refractivity (Wildman–Crippen MR) is 64.6 cm³/mol. The van der Waals surface area contributed by atoms with Crippen LogP contribution in [0.15, 0.2) is 12.1 Å². The van der Waals surface area contributed by atoms with Gasteiger partial charge >= 0.3 is 0 Å². The van der Waals surface area contributed by atoms with Crippen LogP contribution < -0.4 is 0 Å². The van der Waals surface area contributed by atoms with Crippen LogP contribution in [0, 0.1) is 20.8 Å². The normalized spacial score (nSPS) is 25.8. The maximum Gasteiger partial charge on any atom is 0.0854 e. The first-order valence-electron chi connectivity index (χ1n) is 5.95. The van der Waals surface area contributed by atoms with Gasteiger partial charge in [0.05, 0.1) is 12.2 Å². The van der Waals surface area contributed by atoms with Crippen molar-refractivity contribution >= 4 is 0 Å². The number of aliphatic hydroxyl groups excluding tert-OH is 1. The van der Waals surface area contributed by atoms with Gasteiger partial charge in [0.25, 0.3) is 0 Å². The van der Waals surface area contributed by atoms with Gasteiger partial charge in [0.2, 0.25) is 0 Å². The summed E-state index contributed by atoms with van der Waals surface area (Å²) in [5.41, 5.74) is 5.10. The fourth-order valence-electron chi connectivity index (χ4n) is 2.68. The van der Waals surface area contributed by atoms with Crippen molar-refractivity contribution in [3.63, 3.8) is 0 Å². The molecule has 2 nitrogen and oxygen atoms in total. The van der Waals surface area contributed by atoms with Gasteiger partial charge in [-0.15, -0.1) is 0 Å². The highest BCUT2D eigenvalue weighted by Gasteiger charge is 2.24. The average Bonchev–Trinajstić information content (AvgIpc) is 2.15. The highest BCUT2D eigenvalue weighted by atomic mass is 16.5. The number of hydrogen-bond donors (Lipinski definition) is 1. The Balaban J connectivity index is 2.32. The zero-order valence-corrected chi connectivity index (χ0v) is 10.3. The van der Waals surface area contributed by atoms with Crippen molar-refractivity contribution < 1.29 is 9.84 Å². The molecule has 0 amide bonds. The van der Waals surface area contributed by atoms with Crippen LogP contribution >= 0.6 is 0 Å². The van der Waals surface area contributed by atoms with E-state index in [4.69, 9.17) is 4.74 Å². The van der Waals surface area contributed by atoms with Crippen molar-refractivity contribution in [1.29, 1.82) is 0 Å². The van der Waals surface area contributed by atoms with E-state index in [9.17, 15) is 5.11 Å². The van der Waals surface area contributed by atoms with Crippen molar-refractivity contribution in [2.75, 3.05) is 6.61 Å². The maximum atomic E-state index is 9.70. The molecule has 1 N–H and O–H groups in total. The van der Waals surface area contributed by atoms with Crippen LogP contribution in [0.1, 0.15) is 41.2 Å². The molecular weight excluding hydrogens is 200 g/mol. The monoisotopic (exact) mass is 220 g/mol. The summed E-state index contributed by atoms with van der Waals surface area (Å²) in [7, 11) is 0. The highest BCUT2D eigenvalue weighted by Crippen LogP contribution is 2.32. The SMILES string of the molecule is Cc1cc(C)c(C2CC(O)CCO2)c(C)c1. The van der Waals surface area contributed by atoms with Gasteiger partial charge in [-0.1, -0.05) is 17.7 Å². The van der Waals surface area contributed by atoms with Gasteiger partial charge in [0, 0.05) is 13.0 Å².